The van der Waals surface area contributed by atoms with Crippen LogP contribution >= 0.6 is 15.9 Å². The summed E-state index contributed by atoms with van der Waals surface area (Å²) in [4.78, 5) is 24.1. The fraction of sp³-hybridized carbons (Fsp3) is 0.500. The van der Waals surface area contributed by atoms with Crippen LogP contribution in [0.3, 0.4) is 0 Å². The molecule has 2 fully saturated rings. The van der Waals surface area contributed by atoms with Crippen LogP contribution < -0.4 is 10.2 Å². The first-order valence-corrected chi connectivity index (χ1v) is 12.3. The van der Waals surface area contributed by atoms with Crippen molar-refractivity contribution in [1.82, 2.24) is 20.1 Å². The minimum Gasteiger partial charge on any atom is -0.353 e. The molecule has 1 aromatic carbocycles. The first-order valence-electron chi connectivity index (χ1n) is 11.5. The second kappa shape index (κ2) is 10.9. The molecule has 6 nitrogen and oxygen atoms in total. The smallest absolute Gasteiger partial charge is 0.255 e. The number of carbonyl (C=O) groups is 1. The maximum Gasteiger partial charge on any atom is 0.255 e. The van der Waals surface area contributed by atoms with Crippen molar-refractivity contribution in [3.8, 4) is 0 Å². The number of pyridine rings is 1. The normalized spacial score (nSPS) is 17.9. The molecule has 0 aliphatic carbocycles. The number of rotatable bonds is 6. The van der Waals surface area contributed by atoms with Gasteiger partial charge in [0.05, 0.1) is 10.0 Å². The Morgan fingerprint density at radius 1 is 1.15 bits per heavy atom. The number of aromatic nitrogens is 1. The third kappa shape index (κ3) is 5.70. The highest BCUT2D eigenvalue weighted by Crippen LogP contribution is 2.27. The van der Waals surface area contributed by atoms with Gasteiger partial charge in [-0.25, -0.2) is 13.8 Å². The molecule has 0 saturated carbocycles. The summed E-state index contributed by atoms with van der Waals surface area (Å²) >= 11 is 3.61. The Balaban J connectivity index is 1.40. The number of amides is 1. The quantitative estimate of drug-likeness (QED) is 0.628. The van der Waals surface area contributed by atoms with Crippen molar-refractivity contribution in [2.24, 2.45) is 0 Å². The van der Waals surface area contributed by atoms with Gasteiger partial charge in [-0.3, -0.25) is 9.69 Å². The Bertz CT molecular complexity index is 977. The number of hydrogen-bond acceptors (Lipinski definition) is 5. The number of halogens is 3. The number of piperazine rings is 1. The lowest BCUT2D eigenvalue weighted by atomic mass is 10.0. The van der Waals surface area contributed by atoms with Crippen molar-refractivity contribution in [3.05, 3.63) is 57.7 Å². The molecule has 1 N–H and O–H groups in total. The van der Waals surface area contributed by atoms with E-state index in [9.17, 15) is 13.6 Å². The highest BCUT2D eigenvalue weighted by Gasteiger charge is 2.27. The Labute approximate surface area is 202 Å². The van der Waals surface area contributed by atoms with E-state index in [1.54, 1.807) is 17.2 Å². The summed E-state index contributed by atoms with van der Waals surface area (Å²) in [6.07, 6.45) is 4.02. The van der Waals surface area contributed by atoms with Crippen LogP contribution in [0.2, 0.25) is 0 Å². The number of piperidine rings is 1. The van der Waals surface area contributed by atoms with Crippen LogP contribution in [-0.2, 0) is 6.54 Å². The molecule has 0 unspecified atom stereocenters. The van der Waals surface area contributed by atoms with Gasteiger partial charge in [0.1, 0.15) is 5.82 Å². The predicted molar refractivity (Wildman–Crippen MR) is 128 cm³/mol. The summed E-state index contributed by atoms with van der Waals surface area (Å²) in [7, 11) is 0. The van der Waals surface area contributed by atoms with E-state index in [0.29, 0.717) is 23.7 Å². The van der Waals surface area contributed by atoms with E-state index in [1.165, 1.54) is 18.9 Å². The molecular weight excluding hydrogens is 492 g/mol. The zero-order valence-electron chi connectivity index (χ0n) is 18.9. The molecule has 2 aromatic rings. The van der Waals surface area contributed by atoms with E-state index < -0.39 is 11.6 Å². The maximum absolute atomic E-state index is 13.6. The van der Waals surface area contributed by atoms with Crippen LogP contribution in [0.4, 0.5) is 14.6 Å². The van der Waals surface area contributed by atoms with Gasteiger partial charge in [-0.15, -0.1) is 0 Å². The molecule has 1 amide bonds. The highest BCUT2D eigenvalue weighted by atomic mass is 79.9. The van der Waals surface area contributed by atoms with Crippen LogP contribution in [0, 0.1) is 11.6 Å². The van der Waals surface area contributed by atoms with E-state index in [0.717, 1.165) is 61.7 Å². The summed E-state index contributed by atoms with van der Waals surface area (Å²) in [5.74, 6) is -1.16. The van der Waals surface area contributed by atoms with E-state index >= 15 is 0 Å². The number of anilines is 1. The van der Waals surface area contributed by atoms with Crippen LogP contribution in [0.25, 0.3) is 0 Å². The molecule has 4 rings (SSSR count). The van der Waals surface area contributed by atoms with Gasteiger partial charge in [0.2, 0.25) is 0 Å². The summed E-state index contributed by atoms with van der Waals surface area (Å²) in [6.45, 7) is 8.52. The van der Waals surface area contributed by atoms with Gasteiger partial charge in [0.25, 0.3) is 5.91 Å². The largest absolute Gasteiger partial charge is 0.353 e. The molecule has 0 bridgehead atoms. The van der Waals surface area contributed by atoms with Gasteiger partial charge in [-0.05, 0) is 72.5 Å². The lowest BCUT2D eigenvalue weighted by Gasteiger charge is -2.41. The number of nitrogens with one attached hydrogen (secondary N) is 1. The molecular formula is C24H30BrF2N5O. The van der Waals surface area contributed by atoms with Crippen LogP contribution in [0.15, 0.2) is 34.9 Å². The molecule has 2 saturated heterocycles. The van der Waals surface area contributed by atoms with Gasteiger partial charge in [0.15, 0.2) is 11.6 Å². The standard InChI is InChI=1S/C24H30BrF2N5O/c1-2-30(16-17-3-4-21(26)22(27)13-17)24(33)18-14-20(25)23(29-15-18)32-11-9-31(10-12-32)19-5-7-28-8-6-19/h3-4,13-15,19,28H,2,5-12,16H2,1H3. The number of benzene rings is 1. The van der Waals surface area contributed by atoms with Crippen LogP contribution in [0.1, 0.15) is 35.7 Å². The Kier molecular flexibility index (Phi) is 7.93. The number of nitrogens with zero attached hydrogens (tertiary/aromatic N) is 4. The average Bonchev–Trinajstić information content (AvgIpc) is 2.85. The second-order valence-corrected chi connectivity index (χ2v) is 9.46. The number of hydrogen-bond donors (Lipinski definition) is 1. The third-order valence-electron chi connectivity index (χ3n) is 6.53. The van der Waals surface area contributed by atoms with E-state index in [1.807, 2.05) is 6.92 Å². The molecule has 2 aliphatic heterocycles. The van der Waals surface area contributed by atoms with Gasteiger partial charge in [0, 0.05) is 51.5 Å². The fourth-order valence-corrected chi connectivity index (χ4v) is 5.22. The molecule has 0 spiro atoms. The highest BCUT2D eigenvalue weighted by molar-refractivity contribution is 9.10. The molecule has 3 heterocycles. The van der Waals surface area contributed by atoms with Crippen molar-refractivity contribution < 1.29 is 13.6 Å². The fourth-order valence-electron chi connectivity index (χ4n) is 4.62. The molecule has 178 valence electrons. The molecule has 1 aromatic heterocycles. The summed E-state index contributed by atoms with van der Waals surface area (Å²) in [5.41, 5.74) is 1.00. The van der Waals surface area contributed by atoms with E-state index in [4.69, 9.17) is 0 Å². The first kappa shape index (κ1) is 24.0. The second-order valence-electron chi connectivity index (χ2n) is 8.60. The topological polar surface area (TPSA) is 51.7 Å². The Morgan fingerprint density at radius 3 is 2.52 bits per heavy atom. The van der Waals surface area contributed by atoms with Gasteiger partial charge >= 0.3 is 0 Å². The van der Waals surface area contributed by atoms with Gasteiger partial charge in [-0.1, -0.05) is 6.07 Å². The predicted octanol–water partition coefficient (Wildman–Crippen LogP) is 3.66. The van der Waals surface area contributed by atoms with Crippen LogP contribution in [0.5, 0.6) is 0 Å². The van der Waals surface area contributed by atoms with Crippen molar-refractivity contribution in [2.75, 3.05) is 50.7 Å². The monoisotopic (exact) mass is 521 g/mol. The maximum atomic E-state index is 13.6. The molecule has 2 aliphatic rings. The summed E-state index contributed by atoms with van der Waals surface area (Å²) < 4.78 is 27.6. The van der Waals surface area contributed by atoms with Crippen molar-refractivity contribution in [2.45, 2.75) is 32.4 Å². The van der Waals surface area contributed by atoms with E-state index in [2.05, 4.69) is 36.0 Å². The summed E-state index contributed by atoms with van der Waals surface area (Å²) in [6, 6.07) is 6.18. The van der Waals surface area contributed by atoms with Gasteiger partial charge in [-0.2, -0.15) is 0 Å². The zero-order valence-corrected chi connectivity index (χ0v) is 20.5. The van der Waals surface area contributed by atoms with Crippen molar-refractivity contribution in [3.63, 3.8) is 0 Å². The average molecular weight is 522 g/mol. The minimum atomic E-state index is -0.912. The molecule has 0 radical (unpaired) electrons. The first-order chi connectivity index (χ1) is 16.0. The van der Waals surface area contributed by atoms with Crippen LogP contribution in [-0.4, -0.2) is 72.5 Å². The summed E-state index contributed by atoms with van der Waals surface area (Å²) in [5, 5.41) is 3.42. The molecule has 33 heavy (non-hydrogen) atoms. The minimum absolute atomic E-state index is 0.197. The SMILES string of the molecule is CCN(Cc1ccc(F)c(F)c1)C(=O)c1cnc(N2CCN(C3CCNCC3)CC2)c(Br)c1. The lowest BCUT2D eigenvalue weighted by molar-refractivity contribution is 0.0752. The van der Waals surface area contributed by atoms with E-state index in [-0.39, 0.29) is 12.5 Å². The zero-order chi connectivity index (χ0) is 23.4. The van der Waals surface area contributed by atoms with Crippen molar-refractivity contribution in [1.29, 1.82) is 0 Å². The third-order valence-corrected chi connectivity index (χ3v) is 7.12. The van der Waals surface area contributed by atoms with Gasteiger partial charge < -0.3 is 15.1 Å². The van der Waals surface area contributed by atoms with Crippen molar-refractivity contribution >= 4 is 27.7 Å². The molecule has 0 atom stereocenters. The molecule has 9 heteroatoms. The Hall–Kier alpha value is -2.10. The number of carbonyl (C=O) groups excluding carboxylic acids is 1. The lowest BCUT2D eigenvalue weighted by Crippen LogP contribution is -2.53. The Morgan fingerprint density at radius 2 is 1.88 bits per heavy atom.